The zero-order valence-corrected chi connectivity index (χ0v) is 25.9. The molecule has 0 saturated carbocycles. The first kappa shape index (κ1) is 31.8. The van der Waals surface area contributed by atoms with Gasteiger partial charge in [0, 0.05) is 11.1 Å². The van der Waals surface area contributed by atoms with Crippen LogP contribution in [0.2, 0.25) is 0 Å². The number of fused-ring (bicyclic) bond motifs is 1. The molecule has 0 aliphatic carbocycles. The minimum absolute atomic E-state index is 0.0909. The van der Waals surface area contributed by atoms with Gasteiger partial charge in [0.25, 0.3) is 11.6 Å². The lowest BCUT2D eigenvalue weighted by Gasteiger charge is -2.11. The van der Waals surface area contributed by atoms with E-state index in [-0.39, 0.29) is 34.0 Å². The van der Waals surface area contributed by atoms with Crippen molar-refractivity contribution in [2.75, 3.05) is 12.4 Å². The standard InChI is InChI=1S/C38H25N5O6/c1-48-30-17-19-32(34(22-30)43(46)47)42-37(44)28(23-39)20-24-12-15-29(16-13-24)49-38(45)27-14-18-31-33(21-27)41-36(26-10-6-3-7-11-26)35(40-31)25-8-4-2-5-9-25/h2-22H,1H3,(H,42,44)/b28-20+. The number of hydrogen-bond donors (Lipinski definition) is 1. The summed E-state index contributed by atoms with van der Waals surface area (Å²) in [6.45, 7) is 0. The Morgan fingerprint density at radius 2 is 1.41 bits per heavy atom. The second-order valence-electron chi connectivity index (χ2n) is 10.6. The number of benzene rings is 5. The van der Waals surface area contributed by atoms with E-state index in [0.717, 1.165) is 16.8 Å². The van der Waals surface area contributed by atoms with E-state index in [1.165, 1.54) is 43.5 Å². The number of methoxy groups -OCH3 is 1. The molecule has 6 aromatic rings. The maximum absolute atomic E-state index is 13.2. The summed E-state index contributed by atoms with van der Waals surface area (Å²) in [5.74, 6) is -0.976. The number of amides is 1. The molecule has 11 heteroatoms. The number of hydrogen-bond acceptors (Lipinski definition) is 9. The van der Waals surface area contributed by atoms with Crippen LogP contribution in [0.25, 0.3) is 39.6 Å². The van der Waals surface area contributed by atoms with Crippen LogP contribution in [0.4, 0.5) is 11.4 Å². The Morgan fingerprint density at radius 3 is 2.00 bits per heavy atom. The number of carbonyl (C=O) groups excluding carboxylic acids is 2. The Bertz CT molecular complexity index is 2280. The summed E-state index contributed by atoms with van der Waals surface area (Å²) in [7, 11) is 1.36. The zero-order chi connectivity index (χ0) is 34.3. The number of anilines is 1. The van der Waals surface area contributed by atoms with E-state index >= 15 is 0 Å². The van der Waals surface area contributed by atoms with Gasteiger partial charge in [0.15, 0.2) is 0 Å². The van der Waals surface area contributed by atoms with E-state index in [9.17, 15) is 25.0 Å². The molecule has 11 nitrogen and oxygen atoms in total. The Morgan fingerprint density at radius 1 is 0.796 bits per heavy atom. The van der Waals surface area contributed by atoms with Gasteiger partial charge >= 0.3 is 5.97 Å². The first-order valence-corrected chi connectivity index (χ1v) is 14.8. The van der Waals surface area contributed by atoms with E-state index in [0.29, 0.717) is 22.3 Å². The highest BCUT2D eigenvalue weighted by atomic mass is 16.6. The summed E-state index contributed by atoms with van der Waals surface area (Å²) in [4.78, 5) is 46.6. The monoisotopic (exact) mass is 647 g/mol. The Labute approximate surface area is 279 Å². The molecule has 1 heterocycles. The molecule has 0 saturated heterocycles. The fourth-order valence-electron chi connectivity index (χ4n) is 4.97. The Kier molecular flexibility index (Phi) is 9.12. The molecule has 0 radical (unpaired) electrons. The van der Waals surface area contributed by atoms with Crippen molar-refractivity contribution in [3.05, 3.63) is 148 Å². The van der Waals surface area contributed by atoms with Gasteiger partial charge in [-0.15, -0.1) is 0 Å². The van der Waals surface area contributed by atoms with Crippen LogP contribution in [0, 0.1) is 21.4 Å². The number of carbonyl (C=O) groups is 2. The molecule has 0 bridgehead atoms. The molecule has 6 rings (SSSR count). The van der Waals surface area contributed by atoms with E-state index in [1.54, 1.807) is 30.3 Å². The van der Waals surface area contributed by atoms with E-state index < -0.39 is 16.8 Å². The number of aromatic nitrogens is 2. The summed E-state index contributed by atoms with van der Waals surface area (Å²) < 4.78 is 10.6. The summed E-state index contributed by atoms with van der Waals surface area (Å²) in [6, 6.07) is 36.4. The number of nitriles is 1. The molecular formula is C38H25N5O6. The highest BCUT2D eigenvalue weighted by Gasteiger charge is 2.20. The largest absolute Gasteiger partial charge is 0.496 e. The minimum atomic E-state index is -0.836. The Balaban J connectivity index is 1.20. The SMILES string of the molecule is COc1ccc(NC(=O)/C(C#N)=C/c2ccc(OC(=O)c3ccc4nc(-c5ccccc5)c(-c5ccccc5)nc4c3)cc2)c([N+](=O)[O-])c1. The average Bonchev–Trinajstić information content (AvgIpc) is 3.14. The number of ether oxygens (including phenoxy) is 2. The second kappa shape index (κ2) is 14.1. The van der Waals surface area contributed by atoms with E-state index in [2.05, 4.69) is 5.32 Å². The van der Waals surface area contributed by atoms with Gasteiger partial charge in [0.2, 0.25) is 0 Å². The van der Waals surface area contributed by atoms with Crippen LogP contribution in [0.3, 0.4) is 0 Å². The summed E-state index contributed by atoms with van der Waals surface area (Å²) in [5.41, 5.74) is 4.31. The van der Waals surface area contributed by atoms with Crippen LogP contribution in [0.5, 0.6) is 11.5 Å². The maximum Gasteiger partial charge on any atom is 0.343 e. The smallest absolute Gasteiger partial charge is 0.343 e. The molecule has 0 fully saturated rings. The molecule has 1 aromatic heterocycles. The highest BCUT2D eigenvalue weighted by Crippen LogP contribution is 2.32. The van der Waals surface area contributed by atoms with Crippen LogP contribution < -0.4 is 14.8 Å². The molecular weight excluding hydrogens is 622 g/mol. The van der Waals surface area contributed by atoms with Crippen LogP contribution in [-0.2, 0) is 4.79 Å². The topological polar surface area (TPSA) is 157 Å². The van der Waals surface area contributed by atoms with Gasteiger partial charge in [-0.1, -0.05) is 72.8 Å². The lowest BCUT2D eigenvalue weighted by molar-refractivity contribution is -0.384. The highest BCUT2D eigenvalue weighted by molar-refractivity contribution is 6.10. The van der Waals surface area contributed by atoms with Gasteiger partial charge in [0.1, 0.15) is 28.8 Å². The third-order valence-electron chi connectivity index (χ3n) is 7.41. The van der Waals surface area contributed by atoms with Crippen LogP contribution >= 0.6 is 0 Å². The number of nitrogens with zero attached hydrogens (tertiary/aromatic N) is 4. The van der Waals surface area contributed by atoms with Crippen LogP contribution in [-0.4, -0.2) is 33.9 Å². The maximum atomic E-state index is 13.2. The van der Waals surface area contributed by atoms with Crippen molar-refractivity contribution < 1.29 is 24.0 Å². The lowest BCUT2D eigenvalue weighted by Crippen LogP contribution is -2.14. The van der Waals surface area contributed by atoms with E-state index in [4.69, 9.17) is 19.4 Å². The van der Waals surface area contributed by atoms with Crippen molar-refractivity contribution in [2.45, 2.75) is 0 Å². The van der Waals surface area contributed by atoms with Crippen molar-refractivity contribution in [3.63, 3.8) is 0 Å². The number of rotatable bonds is 9. The van der Waals surface area contributed by atoms with Crippen LogP contribution in [0.15, 0.2) is 127 Å². The first-order valence-electron chi connectivity index (χ1n) is 14.8. The van der Waals surface area contributed by atoms with Gasteiger partial charge in [-0.2, -0.15) is 5.26 Å². The number of nitro groups is 1. The first-order chi connectivity index (χ1) is 23.8. The predicted molar refractivity (Wildman–Crippen MR) is 184 cm³/mol. The van der Waals surface area contributed by atoms with Crippen molar-refractivity contribution in [3.8, 4) is 40.1 Å². The molecule has 49 heavy (non-hydrogen) atoms. The molecule has 1 N–H and O–H groups in total. The fourth-order valence-corrected chi connectivity index (χ4v) is 4.97. The predicted octanol–water partition coefficient (Wildman–Crippen LogP) is 7.65. The van der Waals surface area contributed by atoms with Crippen molar-refractivity contribution in [2.24, 2.45) is 0 Å². The van der Waals surface area contributed by atoms with Gasteiger partial charge in [-0.3, -0.25) is 14.9 Å². The fraction of sp³-hybridized carbons (Fsp3) is 0.0263. The van der Waals surface area contributed by atoms with Gasteiger partial charge in [-0.25, -0.2) is 14.8 Å². The summed E-state index contributed by atoms with van der Waals surface area (Å²) in [5, 5.41) is 23.5. The van der Waals surface area contributed by atoms with Crippen molar-refractivity contribution >= 4 is 40.4 Å². The molecule has 0 unspecified atom stereocenters. The second-order valence-corrected chi connectivity index (χ2v) is 10.6. The number of nitrogens with one attached hydrogen (secondary N) is 1. The zero-order valence-electron chi connectivity index (χ0n) is 25.9. The van der Waals surface area contributed by atoms with Gasteiger partial charge in [0.05, 0.1) is 46.1 Å². The van der Waals surface area contributed by atoms with Crippen LogP contribution in [0.1, 0.15) is 15.9 Å². The van der Waals surface area contributed by atoms with Gasteiger partial charge in [-0.05, 0) is 54.1 Å². The molecule has 0 atom stereocenters. The van der Waals surface area contributed by atoms with Crippen molar-refractivity contribution in [1.82, 2.24) is 9.97 Å². The quantitative estimate of drug-likeness (QED) is 0.0416. The number of nitro benzene ring substituents is 1. The third-order valence-corrected chi connectivity index (χ3v) is 7.41. The number of esters is 1. The summed E-state index contributed by atoms with van der Waals surface area (Å²) >= 11 is 0. The van der Waals surface area contributed by atoms with Gasteiger partial charge < -0.3 is 14.8 Å². The molecule has 5 aromatic carbocycles. The summed E-state index contributed by atoms with van der Waals surface area (Å²) in [6.07, 6.45) is 1.31. The molecule has 238 valence electrons. The Hall–Kier alpha value is -7.19. The molecule has 0 aliphatic heterocycles. The lowest BCUT2D eigenvalue weighted by atomic mass is 10.0. The minimum Gasteiger partial charge on any atom is -0.496 e. The molecule has 1 amide bonds. The molecule has 0 spiro atoms. The van der Waals surface area contributed by atoms with E-state index in [1.807, 2.05) is 66.7 Å². The molecule has 0 aliphatic rings. The third kappa shape index (κ3) is 7.14. The van der Waals surface area contributed by atoms with Crippen molar-refractivity contribution in [1.29, 1.82) is 5.26 Å². The average molecular weight is 648 g/mol. The normalized spacial score (nSPS) is 11.0.